The van der Waals surface area contributed by atoms with Gasteiger partial charge in [0.2, 0.25) is 0 Å². The minimum Gasteiger partial charge on any atom is -0.463 e. The Balaban J connectivity index is 4.56. The Hall–Kier alpha value is -4.83. The summed E-state index contributed by atoms with van der Waals surface area (Å²) in [4.78, 5) is 59.0. The maximum atomic E-state index is 13.1. The van der Waals surface area contributed by atoms with E-state index in [1.807, 2.05) is 0 Å². The van der Waals surface area contributed by atoms with E-state index in [1.165, 1.54) is 193 Å². The quantitative estimate of drug-likeness (QED) is 0.0146. The number of ether oxygens (including phenoxy) is 3. The van der Waals surface area contributed by atoms with E-state index in [2.05, 4.69) is 179 Å². The van der Waals surface area contributed by atoms with Crippen molar-refractivity contribution in [1.29, 1.82) is 0 Å². The number of phosphoric ester groups is 2. The number of hydrogen-bond donors (Lipinski definition) is 4. The fourth-order valence-corrected chi connectivity index (χ4v) is 14.6. The van der Waals surface area contributed by atoms with Crippen LogP contribution in [0.25, 0.3) is 0 Å². The van der Waals surface area contributed by atoms with E-state index in [0.29, 0.717) is 19.3 Å². The van der Waals surface area contributed by atoms with Crippen molar-refractivity contribution in [3.05, 3.63) is 158 Å². The Kier molecular flexibility index (Phi) is 88.6. The van der Waals surface area contributed by atoms with Crippen LogP contribution in [0.1, 0.15) is 406 Å². The summed E-state index contributed by atoms with van der Waals surface area (Å²) in [5.74, 6) is -1.59. The summed E-state index contributed by atoms with van der Waals surface area (Å²) in [7, 11) is -9.82. The first kappa shape index (κ1) is 114. The van der Waals surface area contributed by atoms with Gasteiger partial charge in [-0.2, -0.15) is 0 Å². The van der Waals surface area contributed by atoms with Gasteiger partial charge in [-0.1, -0.05) is 391 Å². The van der Waals surface area contributed by atoms with E-state index in [4.69, 9.17) is 32.3 Å². The molecule has 0 aliphatic heterocycles. The molecule has 16 nitrogen and oxygen atoms in total. The van der Waals surface area contributed by atoms with Crippen LogP contribution in [0.3, 0.4) is 0 Å². The van der Waals surface area contributed by atoms with Gasteiger partial charge in [-0.15, -0.1) is 0 Å². The van der Waals surface area contributed by atoms with Crippen LogP contribution in [-0.2, 0) is 55.8 Å². The smallest absolute Gasteiger partial charge is 0.463 e. The van der Waals surface area contributed by atoms with Crippen molar-refractivity contribution < 1.29 is 75.8 Å². The molecule has 0 aromatic heterocycles. The molecule has 18 heteroatoms. The van der Waals surface area contributed by atoms with Gasteiger partial charge in [-0.05, 0) is 154 Å². The van der Waals surface area contributed by atoms with Crippen molar-refractivity contribution in [2.45, 2.75) is 424 Å². The van der Waals surface area contributed by atoms with Gasteiger partial charge in [0.15, 0.2) is 6.10 Å². The van der Waals surface area contributed by atoms with Crippen LogP contribution in [0.2, 0.25) is 0 Å². The number of phosphoric acid groups is 2. The molecule has 0 aromatic carbocycles. The third-order valence-corrected chi connectivity index (χ3v) is 22.1. The van der Waals surface area contributed by atoms with Crippen LogP contribution in [0.5, 0.6) is 0 Å². The molecule has 0 saturated carbocycles. The molecule has 684 valence electrons. The molecule has 5 atom stereocenters. The summed E-state index contributed by atoms with van der Waals surface area (Å²) in [6, 6.07) is 0. The van der Waals surface area contributed by atoms with Crippen LogP contribution in [0, 0.1) is 0 Å². The molecule has 0 heterocycles. The molecule has 0 aromatic rings. The number of rotatable bonds is 90. The first-order valence-corrected chi connectivity index (χ1v) is 50.8. The van der Waals surface area contributed by atoms with Gasteiger partial charge in [0.1, 0.15) is 25.4 Å². The summed E-state index contributed by atoms with van der Waals surface area (Å²) < 4.78 is 61.5. The largest absolute Gasteiger partial charge is 0.472 e. The fourth-order valence-electron chi connectivity index (χ4n) is 13.0. The van der Waals surface area contributed by atoms with E-state index < -0.39 is 91.5 Å². The van der Waals surface area contributed by atoms with Gasteiger partial charge in [-0.25, -0.2) is 9.13 Å². The number of unbranched alkanes of at least 4 members (excludes halogenated alkanes) is 41. The van der Waals surface area contributed by atoms with Gasteiger partial charge in [0.05, 0.1) is 26.4 Å². The first-order valence-electron chi connectivity index (χ1n) is 47.8. The standard InChI is InChI=1S/C101H174O16P2/c1-4-7-10-13-16-19-22-25-28-31-34-37-39-41-43-45-46-47-48-50-52-53-55-58-60-63-66-69-72-75-78-81-84-87-99(104)111-90-96(102)91-113-118(107,108)114-92-97(103)93-115-119(109,110)116-95-98(117-101(106)89-86-83-80-77-74-71-68-65-62-57-36-33-30-27-24-21-18-15-12-9-6-3)94-112-100(105)88-85-82-79-76-73-70-67-64-61-59-56-54-51-49-44-42-40-38-35-32-29-26-23-20-17-14-11-8-5-2/h9,12,16-21,25-30,34-38,41-44,57,65,68,96-98,102-103H,4-8,10-11,13-15,22-24,31-33,39-40,45-56,58-64,66-67,69-95H2,1-3H3,(H,107,108)(H,109,110)/b12-9-,19-16-,20-17-,21-18-,28-25-,29-26-,30-27-,37-34-,38-35-,43-41-,44-42-,57-36-,68-65-. The molecular formula is C101H174O16P2. The van der Waals surface area contributed by atoms with Crippen molar-refractivity contribution >= 4 is 33.6 Å². The Morgan fingerprint density at radius 3 is 0.706 bits per heavy atom. The van der Waals surface area contributed by atoms with Crippen molar-refractivity contribution in [3.63, 3.8) is 0 Å². The summed E-state index contributed by atoms with van der Waals surface area (Å²) in [5, 5.41) is 20.8. The summed E-state index contributed by atoms with van der Waals surface area (Å²) in [5.41, 5.74) is 0. The Labute approximate surface area is 727 Å². The van der Waals surface area contributed by atoms with Crippen LogP contribution in [-0.4, -0.2) is 95.9 Å². The molecule has 0 fully saturated rings. The lowest BCUT2D eigenvalue weighted by Crippen LogP contribution is -2.30. The molecule has 0 aliphatic rings. The molecular weight excluding hydrogens is 1530 g/mol. The van der Waals surface area contributed by atoms with E-state index in [1.54, 1.807) is 0 Å². The highest BCUT2D eigenvalue weighted by atomic mass is 31.2. The fraction of sp³-hybridized carbons (Fsp3) is 0.713. The predicted octanol–water partition coefficient (Wildman–Crippen LogP) is 29.7. The number of carbonyl (C=O) groups excluding carboxylic acids is 3. The zero-order valence-electron chi connectivity index (χ0n) is 75.5. The Morgan fingerprint density at radius 1 is 0.244 bits per heavy atom. The van der Waals surface area contributed by atoms with Crippen LogP contribution in [0.15, 0.2) is 158 Å². The van der Waals surface area contributed by atoms with E-state index in [9.17, 15) is 43.5 Å². The number of allylic oxidation sites excluding steroid dienone is 26. The van der Waals surface area contributed by atoms with Gasteiger partial charge in [-0.3, -0.25) is 32.5 Å². The number of hydrogen-bond acceptors (Lipinski definition) is 14. The molecule has 0 aliphatic carbocycles. The van der Waals surface area contributed by atoms with Crippen LogP contribution >= 0.6 is 15.6 Å². The normalized spacial score (nSPS) is 14.4. The lowest BCUT2D eigenvalue weighted by molar-refractivity contribution is -0.161. The van der Waals surface area contributed by atoms with Crippen molar-refractivity contribution in [1.82, 2.24) is 0 Å². The highest BCUT2D eigenvalue weighted by Gasteiger charge is 2.30. The SMILES string of the molecule is CC/C=C\C/C=C\C/C=C\C/C=C\C/C=C\CCCCCCCC(=O)OC(COC(=O)CCCCCCCCCCCCCCC/C=C\C/C=C\C/C=C\C/C=C\CCCCC)COP(=O)(O)OCC(O)COP(=O)(O)OCC(O)COC(=O)CCCCCCCCCCCCCCCCCCC/C=C\C/C=C\C/C=C\C/C=C\CCCCC. The van der Waals surface area contributed by atoms with Crippen LogP contribution < -0.4 is 0 Å². The third-order valence-electron chi connectivity index (χ3n) is 20.2. The molecule has 0 bridgehead atoms. The predicted molar refractivity (Wildman–Crippen MR) is 500 cm³/mol. The maximum absolute atomic E-state index is 13.1. The molecule has 5 unspecified atom stereocenters. The second-order valence-electron chi connectivity index (χ2n) is 31.8. The Morgan fingerprint density at radius 2 is 0.445 bits per heavy atom. The highest BCUT2D eigenvalue weighted by Crippen LogP contribution is 2.45. The monoisotopic (exact) mass is 1710 g/mol. The summed E-state index contributed by atoms with van der Waals surface area (Å²) in [6.45, 7) is 2.54. The van der Waals surface area contributed by atoms with E-state index in [0.717, 1.165) is 154 Å². The molecule has 0 radical (unpaired) electrons. The first-order chi connectivity index (χ1) is 58.2. The van der Waals surface area contributed by atoms with Gasteiger partial charge in [0, 0.05) is 19.3 Å². The number of carbonyl (C=O) groups is 3. The maximum Gasteiger partial charge on any atom is 0.472 e. The van der Waals surface area contributed by atoms with Gasteiger partial charge in [0.25, 0.3) is 0 Å². The molecule has 119 heavy (non-hydrogen) atoms. The van der Waals surface area contributed by atoms with E-state index >= 15 is 0 Å². The molecule has 0 spiro atoms. The minimum absolute atomic E-state index is 0.0789. The number of aliphatic hydroxyl groups is 2. The van der Waals surface area contributed by atoms with Crippen molar-refractivity contribution in [2.24, 2.45) is 0 Å². The average molecular weight is 1710 g/mol. The lowest BCUT2D eigenvalue weighted by Gasteiger charge is -2.21. The topological polar surface area (TPSA) is 231 Å². The number of esters is 3. The van der Waals surface area contributed by atoms with Gasteiger partial charge >= 0.3 is 33.6 Å². The minimum atomic E-state index is -4.95. The summed E-state index contributed by atoms with van der Waals surface area (Å²) >= 11 is 0. The number of aliphatic hydroxyl groups excluding tert-OH is 2. The second-order valence-corrected chi connectivity index (χ2v) is 34.7. The third kappa shape index (κ3) is 93.7. The average Bonchev–Trinajstić information content (AvgIpc) is 0.902. The zero-order chi connectivity index (χ0) is 86.5. The zero-order valence-corrected chi connectivity index (χ0v) is 77.3. The highest BCUT2D eigenvalue weighted by molar-refractivity contribution is 7.47. The second kappa shape index (κ2) is 92.4. The Bertz CT molecular complexity index is 2790. The molecule has 4 N–H and O–H groups in total. The lowest BCUT2D eigenvalue weighted by atomic mass is 10.0. The molecule has 0 amide bonds. The van der Waals surface area contributed by atoms with Crippen molar-refractivity contribution in [3.8, 4) is 0 Å². The van der Waals surface area contributed by atoms with E-state index in [-0.39, 0.29) is 19.3 Å². The molecule has 0 saturated heterocycles. The van der Waals surface area contributed by atoms with Gasteiger partial charge < -0.3 is 34.2 Å². The summed E-state index contributed by atoms with van der Waals surface area (Å²) in [6.07, 6.45) is 119. The van der Waals surface area contributed by atoms with Crippen LogP contribution in [0.4, 0.5) is 0 Å². The van der Waals surface area contributed by atoms with Crippen molar-refractivity contribution in [2.75, 3.05) is 39.6 Å². The molecule has 0 rings (SSSR count).